The third-order valence-electron chi connectivity index (χ3n) is 3.29. The predicted molar refractivity (Wildman–Crippen MR) is 66.1 cm³/mol. The molecule has 1 aliphatic rings. The number of hydrogen-bond acceptors (Lipinski definition) is 3. The largest absolute Gasteiger partial charge is 0.374 e. The minimum Gasteiger partial charge on any atom is -0.374 e. The molecule has 3 nitrogen and oxygen atoms in total. The Morgan fingerprint density at radius 2 is 2.00 bits per heavy atom. The number of nitrogens with zero attached hydrogens (tertiary/aromatic N) is 1. The van der Waals surface area contributed by atoms with Crippen molar-refractivity contribution in [3.05, 3.63) is 35.1 Å². The molecule has 96 valence electrons. The van der Waals surface area contributed by atoms with Crippen molar-refractivity contribution < 1.29 is 9.13 Å². The van der Waals surface area contributed by atoms with Gasteiger partial charge in [-0.25, -0.2) is 4.39 Å². The van der Waals surface area contributed by atoms with Crippen LogP contribution >= 0.6 is 0 Å². The van der Waals surface area contributed by atoms with Crippen molar-refractivity contribution in [3.63, 3.8) is 0 Å². The van der Waals surface area contributed by atoms with Crippen LogP contribution in [0.2, 0.25) is 0 Å². The molecule has 0 spiro atoms. The van der Waals surface area contributed by atoms with Crippen LogP contribution in [0.15, 0.2) is 18.2 Å². The zero-order valence-electron chi connectivity index (χ0n) is 10.2. The van der Waals surface area contributed by atoms with Gasteiger partial charge >= 0.3 is 0 Å². The molecule has 0 heterocycles. The lowest BCUT2D eigenvalue weighted by molar-refractivity contribution is 0.0137. The molecule has 4 heteroatoms. The minimum absolute atomic E-state index is 0.207. The maximum atomic E-state index is 13.2. The van der Waals surface area contributed by atoms with Gasteiger partial charge in [0, 0.05) is 6.04 Å². The van der Waals surface area contributed by atoms with Crippen LogP contribution in [-0.4, -0.2) is 12.1 Å². The maximum Gasteiger partial charge on any atom is 0.124 e. The first kappa shape index (κ1) is 13.0. The van der Waals surface area contributed by atoms with Gasteiger partial charge in [0.15, 0.2) is 0 Å². The van der Waals surface area contributed by atoms with Crippen LogP contribution in [0.1, 0.15) is 36.8 Å². The van der Waals surface area contributed by atoms with Crippen LogP contribution < -0.4 is 5.73 Å². The van der Waals surface area contributed by atoms with Crippen molar-refractivity contribution in [1.29, 1.82) is 5.26 Å². The van der Waals surface area contributed by atoms with Crippen molar-refractivity contribution in [2.24, 2.45) is 5.73 Å². The van der Waals surface area contributed by atoms with Crippen molar-refractivity contribution in [3.8, 4) is 6.07 Å². The lowest BCUT2D eigenvalue weighted by Crippen LogP contribution is -2.30. The maximum absolute atomic E-state index is 13.2. The van der Waals surface area contributed by atoms with Gasteiger partial charge in [-0.2, -0.15) is 5.26 Å². The standard InChI is InChI=1S/C14H17FN2O/c15-12-6-10(8-16)5-11(7-12)9-18-14-3-1-13(17)2-4-14/h5-7,13-14H,1-4,9,17H2. The summed E-state index contributed by atoms with van der Waals surface area (Å²) in [6.45, 7) is 0.354. The summed E-state index contributed by atoms with van der Waals surface area (Å²) in [5.41, 5.74) is 6.86. The molecule has 0 amide bonds. The van der Waals surface area contributed by atoms with Crippen LogP contribution in [0.5, 0.6) is 0 Å². The second-order valence-electron chi connectivity index (χ2n) is 4.81. The number of ether oxygens (including phenoxy) is 1. The predicted octanol–water partition coefficient (Wildman–Crippen LogP) is 2.48. The van der Waals surface area contributed by atoms with E-state index in [2.05, 4.69) is 0 Å². The summed E-state index contributed by atoms with van der Waals surface area (Å²) < 4.78 is 18.9. The molecule has 0 bridgehead atoms. The molecule has 1 aromatic carbocycles. The van der Waals surface area contributed by atoms with Crippen molar-refractivity contribution >= 4 is 0 Å². The highest BCUT2D eigenvalue weighted by Gasteiger charge is 2.18. The highest BCUT2D eigenvalue weighted by atomic mass is 19.1. The van der Waals surface area contributed by atoms with Gasteiger partial charge in [0.25, 0.3) is 0 Å². The highest BCUT2D eigenvalue weighted by Crippen LogP contribution is 2.21. The topological polar surface area (TPSA) is 59.0 Å². The summed E-state index contributed by atoms with van der Waals surface area (Å²) in [7, 11) is 0. The van der Waals surface area contributed by atoms with Crippen LogP contribution in [-0.2, 0) is 11.3 Å². The van der Waals surface area contributed by atoms with Gasteiger partial charge in [-0.3, -0.25) is 0 Å². The fourth-order valence-corrected chi connectivity index (χ4v) is 2.27. The fraction of sp³-hybridized carbons (Fsp3) is 0.500. The van der Waals surface area contributed by atoms with Gasteiger partial charge < -0.3 is 10.5 Å². The highest BCUT2D eigenvalue weighted by molar-refractivity contribution is 5.33. The smallest absolute Gasteiger partial charge is 0.124 e. The Morgan fingerprint density at radius 1 is 1.28 bits per heavy atom. The minimum atomic E-state index is -0.390. The SMILES string of the molecule is N#Cc1cc(F)cc(COC2CCC(N)CC2)c1. The van der Waals surface area contributed by atoms with E-state index in [1.54, 1.807) is 6.07 Å². The molecule has 1 aliphatic carbocycles. The third kappa shape index (κ3) is 3.52. The van der Waals surface area contributed by atoms with Crippen molar-refractivity contribution in [1.82, 2.24) is 0 Å². The van der Waals surface area contributed by atoms with E-state index in [4.69, 9.17) is 15.7 Å². The van der Waals surface area contributed by atoms with Gasteiger partial charge in [-0.1, -0.05) is 0 Å². The normalized spacial score (nSPS) is 23.6. The number of rotatable bonds is 3. The first-order valence-electron chi connectivity index (χ1n) is 6.24. The molecule has 0 aliphatic heterocycles. The number of nitriles is 1. The van der Waals surface area contributed by atoms with E-state index in [-0.39, 0.29) is 6.10 Å². The van der Waals surface area contributed by atoms with E-state index in [1.807, 2.05) is 6.07 Å². The summed E-state index contributed by atoms with van der Waals surface area (Å²) in [6, 6.07) is 6.54. The van der Waals surface area contributed by atoms with Crippen LogP contribution in [0.3, 0.4) is 0 Å². The Labute approximate surface area is 106 Å². The summed E-state index contributed by atoms with van der Waals surface area (Å²) in [6.07, 6.45) is 4.09. The number of benzene rings is 1. The first-order valence-corrected chi connectivity index (χ1v) is 6.24. The van der Waals surface area contributed by atoms with Gasteiger partial charge in [0.1, 0.15) is 5.82 Å². The summed E-state index contributed by atoms with van der Waals surface area (Å²) in [5, 5.41) is 8.76. The summed E-state index contributed by atoms with van der Waals surface area (Å²) in [5.74, 6) is -0.390. The molecule has 0 aromatic heterocycles. The molecule has 1 saturated carbocycles. The molecule has 1 aromatic rings. The average Bonchev–Trinajstić information content (AvgIpc) is 2.37. The Balaban J connectivity index is 1.90. The molecule has 18 heavy (non-hydrogen) atoms. The van der Waals surface area contributed by atoms with E-state index in [0.717, 1.165) is 25.7 Å². The third-order valence-corrected chi connectivity index (χ3v) is 3.29. The molecular weight excluding hydrogens is 231 g/mol. The van der Waals surface area contributed by atoms with Gasteiger partial charge in [-0.15, -0.1) is 0 Å². The van der Waals surface area contributed by atoms with Crippen LogP contribution in [0.25, 0.3) is 0 Å². The van der Waals surface area contributed by atoms with Crippen LogP contribution in [0, 0.1) is 17.1 Å². The average molecular weight is 248 g/mol. The Hall–Kier alpha value is -1.44. The first-order chi connectivity index (χ1) is 8.67. The van der Waals surface area contributed by atoms with Crippen LogP contribution in [0.4, 0.5) is 4.39 Å². The number of hydrogen-bond donors (Lipinski definition) is 1. The molecule has 0 saturated heterocycles. The van der Waals surface area contributed by atoms with E-state index in [0.29, 0.717) is 23.8 Å². The molecule has 0 unspecified atom stereocenters. The van der Waals surface area contributed by atoms with Gasteiger partial charge in [0.05, 0.1) is 24.3 Å². The monoisotopic (exact) mass is 248 g/mol. The quantitative estimate of drug-likeness (QED) is 0.894. The second-order valence-corrected chi connectivity index (χ2v) is 4.81. The summed E-state index contributed by atoms with van der Waals surface area (Å²) in [4.78, 5) is 0. The van der Waals surface area contributed by atoms with E-state index in [1.165, 1.54) is 12.1 Å². The summed E-state index contributed by atoms with van der Waals surface area (Å²) >= 11 is 0. The molecule has 2 N–H and O–H groups in total. The zero-order valence-corrected chi connectivity index (χ0v) is 10.2. The Bertz CT molecular complexity index is 448. The lowest BCUT2D eigenvalue weighted by atomic mass is 9.94. The molecular formula is C14H17FN2O. The van der Waals surface area contributed by atoms with Gasteiger partial charge in [0.2, 0.25) is 0 Å². The van der Waals surface area contributed by atoms with Gasteiger partial charge in [-0.05, 0) is 49.4 Å². The molecule has 0 radical (unpaired) electrons. The fourth-order valence-electron chi connectivity index (χ4n) is 2.27. The number of nitrogens with two attached hydrogens (primary N) is 1. The Kier molecular flexibility index (Phi) is 4.29. The van der Waals surface area contributed by atoms with E-state index in [9.17, 15) is 4.39 Å². The van der Waals surface area contributed by atoms with E-state index < -0.39 is 5.82 Å². The molecule has 0 atom stereocenters. The van der Waals surface area contributed by atoms with E-state index >= 15 is 0 Å². The van der Waals surface area contributed by atoms with Crippen molar-refractivity contribution in [2.75, 3.05) is 0 Å². The Morgan fingerprint density at radius 3 is 2.67 bits per heavy atom. The molecule has 1 fully saturated rings. The molecule has 2 rings (SSSR count). The second kappa shape index (κ2) is 5.94. The zero-order chi connectivity index (χ0) is 13.0. The van der Waals surface area contributed by atoms with Crippen molar-refractivity contribution in [2.45, 2.75) is 44.4 Å². The lowest BCUT2D eigenvalue weighted by Gasteiger charge is -2.26. The number of halogens is 1.